The standard InChI is InChI=1S/C13H20N2O2S/c1-15(13(17)12(14)6-7-18-2)9-10-4-3-5-11(16)8-10/h3-5,8,12,16H,6-7,9,14H2,1-2H3/t12-/m1/s1. The number of hydrogen-bond donors (Lipinski definition) is 2. The lowest BCUT2D eigenvalue weighted by atomic mass is 10.1. The molecule has 0 aromatic heterocycles. The van der Waals surface area contributed by atoms with Gasteiger partial charge in [-0.25, -0.2) is 0 Å². The van der Waals surface area contributed by atoms with Crippen molar-refractivity contribution in [2.75, 3.05) is 19.1 Å². The van der Waals surface area contributed by atoms with Gasteiger partial charge in [-0.15, -0.1) is 0 Å². The lowest BCUT2D eigenvalue weighted by Crippen LogP contribution is -2.41. The van der Waals surface area contributed by atoms with Gasteiger partial charge in [-0.05, 0) is 36.1 Å². The van der Waals surface area contributed by atoms with Gasteiger partial charge in [-0.1, -0.05) is 12.1 Å². The van der Waals surface area contributed by atoms with E-state index in [9.17, 15) is 9.90 Å². The molecule has 0 radical (unpaired) electrons. The second kappa shape index (κ2) is 7.28. The smallest absolute Gasteiger partial charge is 0.239 e. The van der Waals surface area contributed by atoms with Crippen LogP contribution in [-0.4, -0.2) is 41.0 Å². The molecule has 0 unspecified atom stereocenters. The fraction of sp³-hybridized carbons (Fsp3) is 0.462. The maximum atomic E-state index is 12.0. The van der Waals surface area contributed by atoms with E-state index in [-0.39, 0.29) is 11.7 Å². The molecule has 1 amide bonds. The number of phenolic OH excluding ortho intramolecular Hbond substituents is 1. The number of rotatable bonds is 6. The van der Waals surface area contributed by atoms with E-state index in [1.54, 1.807) is 41.9 Å². The van der Waals surface area contributed by atoms with Crippen molar-refractivity contribution in [1.29, 1.82) is 0 Å². The Morgan fingerprint density at radius 1 is 1.56 bits per heavy atom. The first-order valence-corrected chi connectivity index (χ1v) is 7.21. The van der Waals surface area contributed by atoms with Crippen molar-refractivity contribution in [2.45, 2.75) is 19.0 Å². The molecule has 0 aliphatic carbocycles. The minimum Gasteiger partial charge on any atom is -0.508 e. The third-order valence-corrected chi connectivity index (χ3v) is 3.30. The molecule has 0 spiro atoms. The van der Waals surface area contributed by atoms with Crippen LogP contribution in [-0.2, 0) is 11.3 Å². The third kappa shape index (κ3) is 4.58. The maximum Gasteiger partial charge on any atom is 0.239 e. The minimum atomic E-state index is -0.445. The molecule has 100 valence electrons. The number of likely N-dealkylation sites (N-methyl/N-ethyl adjacent to an activating group) is 1. The Balaban J connectivity index is 2.54. The van der Waals surface area contributed by atoms with Gasteiger partial charge >= 0.3 is 0 Å². The van der Waals surface area contributed by atoms with Crippen LogP contribution in [0.25, 0.3) is 0 Å². The van der Waals surface area contributed by atoms with Crippen LogP contribution >= 0.6 is 11.8 Å². The minimum absolute atomic E-state index is 0.0626. The fourth-order valence-electron chi connectivity index (χ4n) is 1.66. The number of carbonyl (C=O) groups excluding carboxylic acids is 1. The molecular formula is C13H20N2O2S. The van der Waals surface area contributed by atoms with E-state index in [0.717, 1.165) is 11.3 Å². The first kappa shape index (κ1) is 14.9. The van der Waals surface area contributed by atoms with Crippen molar-refractivity contribution < 1.29 is 9.90 Å². The average Bonchev–Trinajstić information content (AvgIpc) is 2.35. The summed E-state index contributed by atoms with van der Waals surface area (Å²) in [5.41, 5.74) is 6.73. The zero-order valence-corrected chi connectivity index (χ0v) is 11.6. The number of nitrogens with two attached hydrogens (primary N) is 1. The first-order valence-electron chi connectivity index (χ1n) is 5.82. The van der Waals surface area contributed by atoms with Crippen LogP contribution in [0.1, 0.15) is 12.0 Å². The zero-order valence-electron chi connectivity index (χ0n) is 10.8. The summed E-state index contributed by atoms with van der Waals surface area (Å²) in [6, 6.07) is 6.44. The Labute approximate surface area is 112 Å². The van der Waals surface area contributed by atoms with E-state index >= 15 is 0 Å². The lowest BCUT2D eigenvalue weighted by molar-refractivity contribution is -0.131. The van der Waals surface area contributed by atoms with Crippen molar-refractivity contribution in [2.24, 2.45) is 5.73 Å². The third-order valence-electron chi connectivity index (χ3n) is 2.66. The lowest BCUT2D eigenvalue weighted by Gasteiger charge is -2.21. The largest absolute Gasteiger partial charge is 0.508 e. The van der Waals surface area contributed by atoms with Crippen LogP contribution in [0.15, 0.2) is 24.3 Å². The van der Waals surface area contributed by atoms with Crippen LogP contribution in [0.4, 0.5) is 0 Å². The van der Waals surface area contributed by atoms with Crippen LogP contribution in [0.5, 0.6) is 5.75 Å². The van der Waals surface area contributed by atoms with Crippen molar-refractivity contribution in [3.8, 4) is 5.75 Å². The molecule has 0 aliphatic heterocycles. The Morgan fingerprint density at radius 3 is 2.89 bits per heavy atom. The van der Waals surface area contributed by atoms with E-state index in [2.05, 4.69) is 0 Å². The van der Waals surface area contributed by atoms with Crippen LogP contribution < -0.4 is 5.73 Å². The monoisotopic (exact) mass is 268 g/mol. The quantitative estimate of drug-likeness (QED) is 0.819. The molecule has 0 bridgehead atoms. The van der Waals surface area contributed by atoms with Crippen molar-refractivity contribution in [3.63, 3.8) is 0 Å². The molecule has 1 aromatic carbocycles. The number of carbonyl (C=O) groups is 1. The molecule has 0 saturated carbocycles. The van der Waals surface area contributed by atoms with Gasteiger partial charge in [-0.2, -0.15) is 11.8 Å². The van der Waals surface area contributed by atoms with Gasteiger partial charge in [0.05, 0.1) is 6.04 Å². The van der Waals surface area contributed by atoms with Crippen LogP contribution in [0, 0.1) is 0 Å². The van der Waals surface area contributed by atoms with Crippen molar-refractivity contribution in [1.82, 2.24) is 4.90 Å². The molecule has 0 fully saturated rings. The number of aromatic hydroxyl groups is 1. The summed E-state index contributed by atoms with van der Waals surface area (Å²) in [7, 11) is 1.73. The highest BCUT2D eigenvalue weighted by Gasteiger charge is 2.17. The number of thioether (sulfide) groups is 1. The highest BCUT2D eigenvalue weighted by molar-refractivity contribution is 7.98. The number of hydrogen-bond acceptors (Lipinski definition) is 4. The Hall–Kier alpha value is -1.20. The van der Waals surface area contributed by atoms with E-state index in [4.69, 9.17) is 5.73 Å². The van der Waals surface area contributed by atoms with Gasteiger partial charge in [0.15, 0.2) is 0 Å². The highest BCUT2D eigenvalue weighted by Crippen LogP contribution is 2.13. The van der Waals surface area contributed by atoms with Crippen LogP contribution in [0.3, 0.4) is 0 Å². The molecule has 1 aromatic rings. The van der Waals surface area contributed by atoms with E-state index in [1.807, 2.05) is 12.3 Å². The summed E-state index contributed by atoms with van der Waals surface area (Å²) in [6.07, 6.45) is 2.68. The molecule has 4 nitrogen and oxygen atoms in total. The molecule has 3 N–H and O–H groups in total. The zero-order chi connectivity index (χ0) is 13.5. The molecule has 0 saturated heterocycles. The highest BCUT2D eigenvalue weighted by atomic mass is 32.2. The average molecular weight is 268 g/mol. The molecule has 0 heterocycles. The number of nitrogens with zero attached hydrogens (tertiary/aromatic N) is 1. The van der Waals surface area contributed by atoms with Crippen LogP contribution in [0.2, 0.25) is 0 Å². The Morgan fingerprint density at radius 2 is 2.28 bits per heavy atom. The van der Waals surface area contributed by atoms with Crippen molar-refractivity contribution in [3.05, 3.63) is 29.8 Å². The van der Waals surface area contributed by atoms with Crippen molar-refractivity contribution >= 4 is 17.7 Å². The number of benzene rings is 1. The van der Waals surface area contributed by atoms with Gasteiger partial charge in [0.2, 0.25) is 5.91 Å². The van der Waals surface area contributed by atoms with E-state index < -0.39 is 6.04 Å². The summed E-state index contributed by atoms with van der Waals surface area (Å²) >= 11 is 1.68. The summed E-state index contributed by atoms with van der Waals surface area (Å²) < 4.78 is 0. The molecular weight excluding hydrogens is 248 g/mol. The SMILES string of the molecule is CSCC[C@@H](N)C(=O)N(C)Cc1cccc(O)c1. The van der Waals surface area contributed by atoms with E-state index in [0.29, 0.717) is 13.0 Å². The first-order chi connectivity index (χ1) is 8.54. The summed E-state index contributed by atoms with van der Waals surface area (Å²) in [5, 5.41) is 9.36. The molecule has 0 aliphatic rings. The molecule has 18 heavy (non-hydrogen) atoms. The summed E-state index contributed by atoms with van der Waals surface area (Å²) in [5.74, 6) is 1.03. The molecule has 1 atom stereocenters. The fourth-order valence-corrected chi connectivity index (χ4v) is 2.15. The molecule has 5 heteroatoms. The second-order valence-electron chi connectivity index (χ2n) is 4.25. The number of phenols is 1. The van der Waals surface area contributed by atoms with E-state index in [1.165, 1.54) is 0 Å². The second-order valence-corrected chi connectivity index (χ2v) is 5.24. The predicted octanol–water partition coefficient (Wildman–Crippen LogP) is 1.43. The summed E-state index contributed by atoms with van der Waals surface area (Å²) in [4.78, 5) is 13.6. The van der Waals surface area contributed by atoms with Gasteiger partial charge in [-0.3, -0.25) is 4.79 Å². The van der Waals surface area contributed by atoms with Gasteiger partial charge in [0.25, 0.3) is 0 Å². The van der Waals surface area contributed by atoms with Gasteiger partial charge in [0.1, 0.15) is 5.75 Å². The Bertz CT molecular complexity index is 398. The Kier molecular flexibility index (Phi) is 6.01. The maximum absolute atomic E-state index is 12.0. The topological polar surface area (TPSA) is 66.6 Å². The summed E-state index contributed by atoms with van der Waals surface area (Å²) in [6.45, 7) is 0.459. The normalized spacial score (nSPS) is 12.2. The number of amides is 1. The van der Waals surface area contributed by atoms with Gasteiger partial charge in [0, 0.05) is 13.6 Å². The molecule has 1 rings (SSSR count). The van der Waals surface area contributed by atoms with Gasteiger partial charge < -0.3 is 15.7 Å². The predicted molar refractivity (Wildman–Crippen MR) is 75.6 cm³/mol.